The van der Waals surface area contributed by atoms with E-state index in [2.05, 4.69) is 0 Å². The Morgan fingerprint density at radius 1 is 1.14 bits per heavy atom. The molecule has 1 aromatic heterocycles. The Morgan fingerprint density at radius 2 is 1.96 bits per heavy atom. The minimum absolute atomic E-state index is 0.168. The summed E-state index contributed by atoms with van der Waals surface area (Å²) in [5.41, 5.74) is 1.83. The second kappa shape index (κ2) is 7.17. The van der Waals surface area contributed by atoms with E-state index in [1.807, 2.05) is 19.9 Å². The first-order valence-corrected chi connectivity index (χ1v) is 9.01. The zero-order valence-electron chi connectivity index (χ0n) is 15.2. The maximum Gasteiger partial charge on any atom is 0.232 e. The number of fused-ring (bicyclic) bond motifs is 1. The van der Waals surface area contributed by atoms with Crippen molar-refractivity contribution in [2.45, 2.75) is 20.5 Å². The van der Waals surface area contributed by atoms with Crippen LogP contribution in [-0.4, -0.2) is 5.78 Å². The number of Topliss-reactive ketones (excluding diaryl/α,β-unsaturated/α-hetero) is 1. The Bertz CT molecular complexity index is 1110. The summed E-state index contributed by atoms with van der Waals surface area (Å²) in [6, 6.07) is 11.1. The Hall–Kier alpha value is -3.05. The maximum atomic E-state index is 13.2. The molecule has 6 heteroatoms. The van der Waals surface area contributed by atoms with Crippen LogP contribution in [-0.2, 0) is 6.61 Å². The van der Waals surface area contributed by atoms with Gasteiger partial charge in [0, 0.05) is 17.2 Å². The number of rotatable bonds is 4. The molecule has 0 atom stereocenters. The fraction of sp³-hybridized carbons (Fsp3) is 0.136. The highest BCUT2D eigenvalue weighted by Crippen LogP contribution is 2.39. The van der Waals surface area contributed by atoms with Crippen LogP contribution in [0.1, 0.15) is 33.0 Å². The van der Waals surface area contributed by atoms with Gasteiger partial charge in [-0.25, -0.2) is 4.39 Å². The van der Waals surface area contributed by atoms with Gasteiger partial charge in [-0.1, -0.05) is 17.7 Å². The lowest BCUT2D eigenvalue weighted by molar-refractivity contribution is 0.101. The summed E-state index contributed by atoms with van der Waals surface area (Å²) in [5, 5.41) is 0.296. The Labute approximate surface area is 166 Å². The zero-order chi connectivity index (χ0) is 19.8. The standard InChI is InChI=1S/C22H16ClFO4/c1-12-3-6-16(27-12)10-20-21(25)17-7-8-19(13(2)22(17)28-20)26-11-14-4-5-15(24)9-18(14)23/h3-10H,11H2,1-2H3/b20-10-. The molecule has 3 aromatic rings. The van der Waals surface area contributed by atoms with Crippen LogP contribution in [0.3, 0.4) is 0 Å². The number of hydrogen-bond donors (Lipinski definition) is 0. The van der Waals surface area contributed by atoms with Gasteiger partial charge in [-0.05, 0) is 50.2 Å². The predicted octanol–water partition coefficient (Wildman–Crippen LogP) is 5.88. The predicted molar refractivity (Wildman–Crippen MR) is 103 cm³/mol. The lowest BCUT2D eigenvalue weighted by Gasteiger charge is -2.12. The van der Waals surface area contributed by atoms with Crippen LogP contribution < -0.4 is 9.47 Å². The molecule has 0 N–H and O–H groups in total. The quantitative estimate of drug-likeness (QED) is 0.514. The highest BCUT2D eigenvalue weighted by Gasteiger charge is 2.30. The lowest BCUT2D eigenvalue weighted by atomic mass is 10.1. The van der Waals surface area contributed by atoms with Crippen LogP contribution >= 0.6 is 11.6 Å². The molecule has 2 heterocycles. The topological polar surface area (TPSA) is 48.7 Å². The number of hydrogen-bond acceptors (Lipinski definition) is 4. The molecule has 28 heavy (non-hydrogen) atoms. The van der Waals surface area contributed by atoms with Crippen LogP contribution in [0.4, 0.5) is 4.39 Å². The number of carbonyl (C=O) groups is 1. The normalized spacial score (nSPS) is 14.3. The zero-order valence-corrected chi connectivity index (χ0v) is 16.0. The van der Waals surface area contributed by atoms with Gasteiger partial charge < -0.3 is 13.9 Å². The van der Waals surface area contributed by atoms with Crippen LogP contribution in [0.2, 0.25) is 5.02 Å². The number of halogens is 2. The van der Waals surface area contributed by atoms with Gasteiger partial charge in [-0.3, -0.25) is 4.79 Å². The van der Waals surface area contributed by atoms with Crippen molar-refractivity contribution < 1.29 is 23.1 Å². The Morgan fingerprint density at radius 3 is 2.68 bits per heavy atom. The van der Waals surface area contributed by atoms with E-state index in [0.717, 1.165) is 5.76 Å². The van der Waals surface area contributed by atoms with Gasteiger partial charge in [0.15, 0.2) is 5.76 Å². The molecule has 4 rings (SSSR count). The van der Waals surface area contributed by atoms with Gasteiger partial charge in [0.05, 0.1) is 10.6 Å². The number of ketones is 1. The molecule has 0 saturated carbocycles. The summed E-state index contributed by atoms with van der Waals surface area (Å²) in [5.74, 6) is 1.91. The molecule has 0 radical (unpaired) electrons. The third-order valence-corrected chi connectivity index (χ3v) is 4.82. The summed E-state index contributed by atoms with van der Waals surface area (Å²) in [7, 11) is 0. The molecule has 0 unspecified atom stereocenters. The van der Waals surface area contributed by atoms with Crippen molar-refractivity contribution in [2.75, 3.05) is 0 Å². The summed E-state index contributed by atoms with van der Waals surface area (Å²) >= 11 is 6.04. The van der Waals surface area contributed by atoms with E-state index in [1.165, 1.54) is 12.1 Å². The van der Waals surface area contributed by atoms with E-state index in [1.54, 1.807) is 30.3 Å². The molecule has 1 aliphatic rings. The summed E-state index contributed by atoms with van der Waals surface area (Å²) in [6.45, 7) is 3.81. The Balaban J connectivity index is 1.57. The smallest absolute Gasteiger partial charge is 0.232 e. The highest BCUT2D eigenvalue weighted by atomic mass is 35.5. The fourth-order valence-electron chi connectivity index (χ4n) is 2.98. The van der Waals surface area contributed by atoms with Crippen molar-refractivity contribution in [2.24, 2.45) is 0 Å². The van der Waals surface area contributed by atoms with Gasteiger partial charge in [0.25, 0.3) is 0 Å². The van der Waals surface area contributed by atoms with Crippen LogP contribution in [0, 0.1) is 19.7 Å². The molecule has 0 saturated heterocycles. The number of ether oxygens (including phenoxy) is 2. The van der Waals surface area contributed by atoms with Crippen molar-refractivity contribution >= 4 is 23.5 Å². The third kappa shape index (κ3) is 3.41. The minimum Gasteiger partial charge on any atom is -0.488 e. The summed E-state index contributed by atoms with van der Waals surface area (Å²) in [6.07, 6.45) is 1.58. The summed E-state index contributed by atoms with van der Waals surface area (Å²) < 4.78 is 30.3. The van der Waals surface area contributed by atoms with Gasteiger partial charge in [0.2, 0.25) is 5.78 Å². The van der Waals surface area contributed by atoms with E-state index in [4.69, 9.17) is 25.5 Å². The number of furan rings is 1. The van der Waals surface area contributed by atoms with Crippen molar-refractivity contribution in [3.05, 3.63) is 87.3 Å². The Kier molecular flexibility index (Phi) is 4.69. The summed E-state index contributed by atoms with van der Waals surface area (Å²) in [4.78, 5) is 12.6. The fourth-order valence-corrected chi connectivity index (χ4v) is 3.20. The van der Waals surface area contributed by atoms with E-state index in [9.17, 15) is 9.18 Å². The van der Waals surface area contributed by atoms with Crippen molar-refractivity contribution in [1.82, 2.24) is 0 Å². The van der Waals surface area contributed by atoms with Crippen molar-refractivity contribution in [3.63, 3.8) is 0 Å². The molecule has 2 aromatic carbocycles. The second-order valence-corrected chi connectivity index (χ2v) is 6.89. The van der Waals surface area contributed by atoms with E-state index in [0.29, 0.717) is 39.0 Å². The van der Waals surface area contributed by atoms with Crippen LogP contribution in [0.25, 0.3) is 6.08 Å². The number of allylic oxidation sites excluding steroid dienone is 1. The monoisotopic (exact) mass is 398 g/mol. The first-order chi connectivity index (χ1) is 13.4. The largest absolute Gasteiger partial charge is 0.488 e. The van der Waals surface area contributed by atoms with Crippen LogP contribution in [0.15, 0.2) is 52.6 Å². The third-order valence-electron chi connectivity index (χ3n) is 4.47. The maximum absolute atomic E-state index is 13.2. The highest BCUT2D eigenvalue weighted by molar-refractivity contribution is 6.31. The van der Waals surface area contributed by atoms with Crippen molar-refractivity contribution in [1.29, 1.82) is 0 Å². The molecular weight excluding hydrogens is 383 g/mol. The van der Waals surface area contributed by atoms with Crippen LogP contribution in [0.5, 0.6) is 11.5 Å². The number of aryl methyl sites for hydroxylation is 1. The molecule has 0 amide bonds. The molecule has 0 spiro atoms. The molecular formula is C22H16ClFO4. The molecule has 142 valence electrons. The first kappa shape index (κ1) is 18.3. The number of benzene rings is 2. The van der Waals surface area contributed by atoms with E-state index in [-0.39, 0.29) is 18.1 Å². The van der Waals surface area contributed by atoms with Gasteiger partial charge in [-0.15, -0.1) is 0 Å². The molecule has 0 bridgehead atoms. The first-order valence-electron chi connectivity index (χ1n) is 8.63. The second-order valence-electron chi connectivity index (χ2n) is 6.48. The molecule has 0 fully saturated rings. The van der Waals surface area contributed by atoms with Gasteiger partial charge in [-0.2, -0.15) is 0 Å². The van der Waals surface area contributed by atoms with Crippen molar-refractivity contribution in [3.8, 4) is 11.5 Å². The number of carbonyl (C=O) groups excluding carboxylic acids is 1. The molecule has 4 nitrogen and oxygen atoms in total. The van der Waals surface area contributed by atoms with E-state index < -0.39 is 5.82 Å². The molecule has 1 aliphatic heterocycles. The van der Waals surface area contributed by atoms with Gasteiger partial charge in [0.1, 0.15) is 35.4 Å². The SMILES string of the molecule is Cc1ccc(/C=C2\Oc3c(ccc(OCc4ccc(F)cc4Cl)c3C)C2=O)o1. The molecule has 0 aliphatic carbocycles. The average Bonchev–Trinajstić information content (AvgIpc) is 3.20. The lowest BCUT2D eigenvalue weighted by Crippen LogP contribution is -1.99. The average molecular weight is 399 g/mol. The van der Waals surface area contributed by atoms with Gasteiger partial charge >= 0.3 is 0 Å². The minimum atomic E-state index is -0.402. The van der Waals surface area contributed by atoms with E-state index >= 15 is 0 Å².